The average Bonchev–Trinajstić information content (AvgIpc) is 2.41. The molecule has 2 N–H and O–H groups in total. The number of aryl methyl sites for hydroxylation is 1. The van der Waals surface area contributed by atoms with Gasteiger partial charge in [0.15, 0.2) is 0 Å². The number of benzene rings is 1. The Morgan fingerprint density at radius 2 is 2.10 bits per heavy atom. The number of rotatable bonds is 3. The highest BCUT2D eigenvalue weighted by molar-refractivity contribution is 9.10. The smallest absolute Gasteiger partial charge is 0.258 e. The van der Waals surface area contributed by atoms with Gasteiger partial charge in [0.1, 0.15) is 5.82 Å². The van der Waals surface area contributed by atoms with Gasteiger partial charge in [0, 0.05) is 28.4 Å². The van der Waals surface area contributed by atoms with Crippen LogP contribution in [0.2, 0.25) is 5.02 Å². The number of hydrogen-bond acceptors (Lipinski definition) is 3. The highest BCUT2D eigenvalue weighted by atomic mass is 79.9. The predicted octanol–water partition coefficient (Wildman–Crippen LogP) is 4.10. The molecular weight excluding hydrogens is 342 g/mol. The van der Waals surface area contributed by atoms with Gasteiger partial charge < -0.3 is 10.6 Å². The van der Waals surface area contributed by atoms with Crippen LogP contribution >= 0.6 is 27.5 Å². The highest BCUT2D eigenvalue weighted by Crippen LogP contribution is 2.22. The van der Waals surface area contributed by atoms with Gasteiger partial charge in [-0.25, -0.2) is 4.98 Å². The quantitative estimate of drug-likeness (QED) is 0.872. The van der Waals surface area contributed by atoms with E-state index >= 15 is 0 Å². The van der Waals surface area contributed by atoms with Gasteiger partial charge >= 0.3 is 0 Å². The number of amides is 1. The average molecular weight is 355 g/mol. The van der Waals surface area contributed by atoms with E-state index < -0.39 is 0 Å². The molecular formula is C14H13BrClN3O. The number of anilines is 2. The van der Waals surface area contributed by atoms with Crippen LogP contribution in [0.1, 0.15) is 15.9 Å². The van der Waals surface area contributed by atoms with Gasteiger partial charge in [-0.1, -0.05) is 11.6 Å². The number of carbonyl (C=O) groups is 1. The second kappa shape index (κ2) is 6.24. The monoisotopic (exact) mass is 353 g/mol. The van der Waals surface area contributed by atoms with Crippen molar-refractivity contribution in [1.82, 2.24) is 4.98 Å². The van der Waals surface area contributed by atoms with E-state index in [1.165, 1.54) is 0 Å². The Morgan fingerprint density at radius 1 is 1.35 bits per heavy atom. The minimum absolute atomic E-state index is 0.255. The van der Waals surface area contributed by atoms with Crippen LogP contribution in [0.25, 0.3) is 0 Å². The summed E-state index contributed by atoms with van der Waals surface area (Å²) < 4.78 is 0.867. The fourth-order valence-electron chi connectivity index (χ4n) is 1.77. The number of nitrogens with one attached hydrogen (secondary N) is 2. The van der Waals surface area contributed by atoms with Crippen LogP contribution in [-0.2, 0) is 0 Å². The van der Waals surface area contributed by atoms with Crippen molar-refractivity contribution in [2.24, 2.45) is 0 Å². The molecule has 0 aliphatic rings. The van der Waals surface area contributed by atoms with Gasteiger partial charge in [-0.15, -0.1) is 0 Å². The molecule has 0 aliphatic heterocycles. The fourth-order valence-corrected chi connectivity index (χ4v) is 2.39. The molecule has 0 bridgehead atoms. The van der Waals surface area contributed by atoms with E-state index in [2.05, 4.69) is 31.5 Å². The number of aromatic nitrogens is 1. The lowest BCUT2D eigenvalue weighted by atomic mass is 10.1. The number of nitrogens with zero attached hydrogens (tertiary/aromatic N) is 1. The Morgan fingerprint density at radius 3 is 2.75 bits per heavy atom. The fraction of sp³-hybridized carbons (Fsp3) is 0.143. The summed E-state index contributed by atoms with van der Waals surface area (Å²) in [6.45, 7) is 1.88. The molecule has 20 heavy (non-hydrogen) atoms. The lowest BCUT2D eigenvalue weighted by Gasteiger charge is -2.11. The SMILES string of the molecule is CNc1ccc(Cl)cc1C(=O)Nc1ncc(Br)cc1C. The molecule has 0 spiro atoms. The summed E-state index contributed by atoms with van der Waals surface area (Å²) in [5.41, 5.74) is 2.06. The molecule has 0 atom stereocenters. The molecule has 104 valence electrons. The minimum Gasteiger partial charge on any atom is -0.387 e. The predicted molar refractivity (Wildman–Crippen MR) is 85.6 cm³/mol. The minimum atomic E-state index is -0.255. The highest BCUT2D eigenvalue weighted by Gasteiger charge is 2.13. The van der Waals surface area contributed by atoms with Gasteiger partial charge in [-0.05, 0) is 52.7 Å². The number of carbonyl (C=O) groups excluding carboxylic acids is 1. The van der Waals surface area contributed by atoms with Crippen molar-refractivity contribution in [3.05, 3.63) is 51.1 Å². The summed E-state index contributed by atoms with van der Waals surface area (Å²) in [5, 5.41) is 6.26. The standard InChI is InChI=1S/C14H13BrClN3O/c1-8-5-9(15)7-18-13(8)19-14(20)11-6-10(16)3-4-12(11)17-2/h3-7,17H,1-2H3,(H,18,19,20). The maximum atomic E-state index is 12.3. The lowest BCUT2D eigenvalue weighted by Crippen LogP contribution is -2.15. The zero-order valence-electron chi connectivity index (χ0n) is 11.0. The molecule has 1 aromatic heterocycles. The normalized spacial score (nSPS) is 10.2. The van der Waals surface area contributed by atoms with Crippen molar-refractivity contribution in [1.29, 1.82) is 0 Å². The summed E-state index contributed by atoms with van der Waals surface area (Å²) in [4.78, 5) is 16.5. The van der Waals surface area contributed by atoms with Crippen molar-refractivity contribution in [3.8, 4) is 0 Å². The molecule has 0 unspecified atom stereocenters. The van der Waals surface area contributed by atoms with E-state index in [4.69, 9.17) is 11.6 Å². The molecule has 0 aliphatic carbocycles. The molecule has 0 fully saturated rings. The Bertz CT molecular complexity index is 661. The van der Waals surface area contributed by atoms with E-state index in [0.29, 0.717) is 22.1 Å². The summed E-state index contributed by atoms with van der Waals surface area (Å²) in [7, 11) is 1.75. The third kappa shape index (κ3) is 3.29. The first kappa shape index (κ1) is 14.8. The van der Waals surface area contributed by atoms with E-state index in [9.17, 15) is 4.79 Å². The van der Waals surface area contributed by atoms with Crippen LogP contribution in [0.3, 0.4) is 0 Å². The van der Waals surface area contributed by atoms with Crippen LogP contribution in [0.5, 0.6) is 0 Å². The van der Waals surface area contributed by atoms with Gasteiger partial charge in [-0.2, -0.15) is 0 Å². The van der Waals surface area contributed by atoms with Crippen LogP contribution in [0.4, 0.5) is 11.5 Å². The third-order valence-corrected chi connectivity index (χ3v) is 3.44. The number of hydrogen-bond donors (Lipinski definition) is 2. The van der Waals surface area contributed by atoms with Crippen molar-refractivity contribution >= 4 is 44.9 Å². The van der Waals surface area contributed by atoms with Crippen molar-refractivity contribution < 1.29 is 4.79 Å². The Balaban J connectivity index is 2.30. The molecule has 2 rings (SSSR count). The lowest BCUT2D eigenvalue weighted by molar-refractivity contribution is 0.102. The second-order valence-electron chi connectivity index (χ2n) is 4.21. The molecule has 0 radical (unpaired) electrons. The molecule has 0 saturated heterocycles. The van der Waals surface area contributed by atoms with Gasteiger partial charge in [0.05, 0.1) is 5.56 Å². The first-order valence-electron chi connectivity index (χ1n) is 5.92. The number of halogens is 2. The van der Waals surface area contributed by atoms with Gasteiger partial charge in [0.2, 0.25) is 0 Å². The summed E-state index contributed by atoms with van der Waals surface area (Å²) in [5.74, 6) is 0.273. The molecule has 4 nitrogen and oxygen atoms in total. The Hall–Kier alpha value is -1.59. The maximum Gasteiger partial charge on any atom is 0.258 e. The Labute approximate surface area is 130 Å². The van der Waals surface area contributed by atoms with Crippen LogP contribution in [-0.4, -0.2) is 17.9 Å². The van der Waals surface area contributed by atoms with Crippen LogP contribution < -0.4 is 10.6 Å². The molecule has 2 aromatic rings. The molecule has 1 amide bonds. The first-order valence-corrected chi connectivity index (χ1v) is 7.09. The first-order chi connectivity index (χ1) is 9.51. The van der Waals surface area contributed by atoms with Crippen molar-refractivity contribution in [2.45, 2.75) is 6.92 Å². The van der Waals surface area contributed by atoms with Gasteiger partial charge in [0.25, 0.3) is 5.91 Å². The topological polar surface area (TPSA) is 54.0 Å². The maximum absolute atomic E-state index is 12.3. The molecule has 0 saturated carbocycles. The van der Waals surface area contributed by atoms with Crippen molar-refractivity contribution in [3.63, 3.8) is 0 Å². The van der Waals surface area contributed by atoms with Crippen LogP contribution in [0, 0.1) is 6.92 Å². The summed E-state index contributed by atoms with van der Waals surface area (Å²) in [6.07, 6.45) is 1.64. The van der Waals surface area contributed by atoms with E-state index in [-0.39, 0.29) is 5.91 Å². The second-order valence-corrected chi connectivity index (χ2v) is 5.57. The largest absolute Gasteiger partial charge is 0.387 e. The summed E-state index contributed by atoms with van der Waals surface area (Å²) >= 11 is 9.28. The molecule has 1 heterocycles. The van der Waals surface area contributed by atoms with E-state index in [1.807, 2.05) is 13.0 Å². The zero-order chi connectivity index (χ0) is 14.7. The molecule has 6 heteroatoms. The number of pyridine rings is 1. The van der Waals surface area contributed by atoms with E-state index in [1.54, 1.807) is 31.4 Å². The summed E-state index contributed by atoms with van der Waals surface area (Å²) in [6, 6.07) is 7.00. The van der Waals surface area contributed by atoms with Crippen molar-refractivity contribution in [2.75, 3.05) is 17.7 Å². The zero-order valence-corrected chi connectivity index (χ0v) is 13.3. The van der Waals surface area contributed by atoms with Gasteiger partial charge in [-0.3, -0.25) is 4.79 Å². The van der Waals surface area contributed by atoms with Crippen LogP contribution in [0.15, 0.2) is 34.9 Å². The Kier molecular flexibility index (Phi) is 4.62. The third-order valence-electron chi connectivity index (χ3n) is 2.77. The van der Waals surface area contributed by atoms with E-state index in [0.717, 1.165) is 10.0 Å². The molecule has 1 aromatic carbocycles.